The summed E-state index contributed by atoms with van der Waals surface area (Å²) >= 11 is 0. The lowest BCUT2D eigenvalue weighted by Crippen LogP contribution is -2.33. The van der Waals surface area contributed by atoms with Crippen LogP contribution in [-0.4, -0.2) is 36.1 Å². The Kier molecular flexibility index (Phi) is 5.69. The van der Waals surface area contributed by atoms with Gasteiger partial charge in [-0.15, -0.1) is 0 Å². The van der Waals surface area contributed by atoms with Crippen LogP contribution in [0.4, 0.5) is 4.79 Å². The maximum atomic E-state index is 11.5. The summed E-state index contributed by atoms with van der Waals surface area (Å²) < 4.78 is 10.2. The van der Waals surface area contributed by atoms with Gasteiger partial charge in [-0.25, -0.2) is 9.78 Å². The van der Waals surface area contributed by atoms with Gasteiger partial charge in [0.25, 0.3) is 0 Å². The number of hydrogen-bond acceptors (Lipinski definition) is 5. The van der Waals surface area contributed by atoms with Gasteiger partial charge in [0, 0.05) is 19.5 Å². The van der Waals surface area contributed by atoms with Gasteiger partial charge in [-0.2, -0.15) is 0 Å². The molecular formula is C15H22N2O4. The Balaban J connectivity index is 2.61. The molecule has 0 aromatic carbocycles. The molecule has 21 heavy (non-hydrogen) atoms. The van der Waals surface area contributed by atoms with Crippen LogP contribution >= 0.6 is 0 Å². The minimum absolute atomic E-state index is 0.129. The molecule has 116 valence electrons. The van der Waals surface area contributed by atoms with Crippen molar-refractivity contribution in [1.82, 2.24) is 10.3 Å². The van der Waals surface area contributed by atoms with Crippen molar-refractivity contribution in [2.75, 3.05) is 13.7 Å². The molecular weight excluding hydrogens is 272 g/mol. The average Bonchev–Trinajstić information content (AvgIpc) is 2.36. The van der Waals surface area contributed by atoms with E-state index in [2.05, 4.69) is 10.3 Å². The van der Waals surface area contributed by atoms with Crippen LogP contribution in [0.1, 0.15) is 43.7 Å². The van der Waals surface area contributed by atoms with Crippen molar-refractivity contribution in [1.29, 1.82) is 0 Å². The molecule has 1 rings (SSSR count). The highest BCUT2D eigenvalue weighted by atomic mass is 16.6. The molecule has 0 aliphatic heterocycles. The maximum Gasteiger partial charge on any atom is 0.407 e. The molecule has 6 heteroatoms. The van der Waals surface area contributed by atoms with Gasteiger partial charge in [0.15, 0.2) is 5.78 Å². The zero-order valence-electron chi connectivity index (χ0n) is 13.1. The number of carbonyl (C=O) groups excluding carboxylic acids is 2. The number of ketones is 1. The molecule has 1 aromatic heterocycles. The molecule has 0 aliphatic rings. The van der Waals surface area contributed by atoms with E-state index in [4.69, 9.17) is 9.47 Å². The fourth-order valence-electron chi connectivity index (χ4n) is 1.61. The first-order chi connectivity index (χ1) is 9.71. The van der Waals surface area contributed by atoms with Gasteiger partial charge >= 0.3 is 6.09 Å². The second-order valence-corrected chi connectivity index (χ2v) is 5.64. The number of nitrogens with one attached hydrogen (secondary N) is 1. The fraction of sp³-hybridized carbons (Fsp3) is 0.533. The molecule has 0 spiro atoms. The predicted octanol–water partition coefficient (Wildman–Crippen LogP) is 2.36. The fourth-order valence-corrected chi connectivity index (χ4v) is 1.61. The summed E-state index contributed by atoms with van der Waals surface area (Å²) in [6.07, 6.45) is 0.0913. The monoisotopic (exact) mass is 294 g/mol. The Morgan fingerprint density at radius 1 is 1.29 bits per heavy atom. The normalized spacial score (nSPS) is 10.9. The highest BCUT2D eigenvalue weighted by Gasteiger charge is 2.15. The number of carbonyl (C=O) groups is 2. The van der Waals surface area contributed by atoms with Gasteiger partial charge in [-0.05, 0) is 38.8 Å². The van der Waals surface area contributed by atoms with E-state index >= 15 is 0 Å². The number of methoxy groups -OCH3 is 1. The number of pyridine rings is 1. The number of ether oxygens (including phenoxy) is 2. The van der Waals surface area contributed by atoms with Crippen LogP contribution in [0.2, 0.25) is 0 Å². The quantitative estimate of drug-likeness (QED) is 0.843. The molecule has 0 atom stereocenters. The summed E-state index contributed by atoms with van der Waals surface area (Å²) in [5.41, 5.74) is 0.691. The molecule has 0 saturated heterocycles. The van der Waals surface area contributed by atoms with Crippen molar-refractivity contribution >= 4 is 11.9 Å². The van der Waals surface area contributed by atoms with Crippen LogP contribution in [0.3, 0.4) is 0 Å². The van der Waals surface area contributed by atoms with Crippen LogP contribution in [-0.2, 0) is 11.2 Å². The predicted molar refractivity (Wildman–Crippen MR) is 78.7 cm³/mol. The Bertz CT molecular complexity index is 521. The van der Waals surface area contributed by atoms with Crippen molar-refractivity contribution in [3.8, 4) is 5.88 Å². The molecule has 0 radical (unpaired) electrons. The third-order valence-corrected chi connectivity index (χ3v) is 2.51. The molecule has 0 saturated carbocycles. The van der Waals surface area contributed by atoms with E-state index in [0.29, 0.717) is 24.5 Å². The van der Waals surface area contributed by atoms with E-state index in [1.807, 2.05) is 0 Å². The van der Waals surface area contributed by atoms with E-state index in [-0.39, 0.29) is 5.78 Å². The minimum atomic E-state index is -0.522. The summed E-state index contributed by atoms with van der Waals surface area (Å²) in [7, 11) is 1.50. The summed E-state index contributed by atoms with van der Waals surface area (Å²) in [6.45, 7) is 7.27. The lowest BCUT2D eigenvalue weighted by molar-refractivity contribution is 0.0528. The number of nitrogens with zero attached hydrogens (tertiary/aromatic N) is 1. The van der Waals surface area contributed by atoms with Gasteiger partial charge in [-0.3, -0.25) is 4.79 Å². The Hall–Kier alpha value is -2.11. The SMILES string of the molecule is COc1cc(CCNC(=O)OC(C)(C)C)cc(C(C)=O)n1. The zero-order valence-corrected chi connectivity index (χ0v) is 13.1. The summed E-state index contributed by atoms with van der Waals surface area (Å²) in [5.74, 6) is 0.255. The number of Topliss-reactive ketones (excluding diaryl/α,β-unsaturated/α-hetero) is 1. The first kappa shape index (κ1) is 16.9. The second kappa shape index (κ2) is 7.06. The van der Waals surface area contributed by atoms with E-state index in [1.54, 1.807) is 32.9 Å². The van der Waals surface area contributed by atoms with E-state index < -0.39 is 11.7 Å². The first-order valence-corrected chi connectivity index (χ1v) is 6.74. The van der Waals surface area contributed by atoms with Crippen LogP contribution in [0.15, 0.2) is 12.1 Å². The smallest absolute Gasteiger partial charge is 0.407 e. The lowest BCUT2D eigenvalue weighted by Gasteiger charge is -2.19. The molecule has 0 aliphatic carbocycles. The highest BCUT2D eigenvalue weighted by Crippen LogP contribution is 2.13. The maximum absolute atomic E-state index is 11.5. The van der Waals surface area contributed by atoms with Gasteiger partial charge in [0.2, 0.25) is 5.88 Å². The third kappa shape index (κ3) is 6.25. The van der Waals surface area contributed by atoms with Gasteiger partial charge in [0.05, 0.1) is 7.11 Å². The average molecular weight is 294 g/mol. The number of amides is 1. The largest absolute Gasteiger partial charge is 0.481 e. The molecule has 0 fully saturated rings. The van der Waals surface area contributed by atoms with Crippen molar-refractivity contribution in [2.45, 2.75) is 39.7 Å². The number of hydrogen-bond donors (Lipinski definition) is 1. The molecule has 1 aromatic rings. The van der Waals surface area contributed by atoms with Crippen LogP contribution < -0.4 is 10.1 Å². The topological polar surface area (TPSA) is 77.5 Å². The minimum Gasteiger partial charge on any atom is -0.481 e. The van der Waals surface area contributed by atoms with E-state index in [9.17, 15) is 9.59 Å². The van der Waals surface area contributed by atoms with Crippen molar-refractivity contribution in [3.05, 3.63) is 23.4 Å². The third-order valence-electron chi connectivity index (χ3n) is 2.51. The molecule has 0 unspecified atom stereocenters. The van der Waals surface area contributed by atoms with Crippen molar-refractivity contribution < 1.29 is 19.1 Å². The Morgan fingerprint density at radius 3 is 2.48 bits per heavy atom. The molecule has 0 bridgehead atoms. The first-order valence-electron chi connectivity index (χ1n) is 6.74. The van der Waals surface area contributed by atoms with Crippen molar-refractivity contribution in [3.63, 3.8) is 0 Å². The zero-order chi connectivity index (χ0) is 16.0. The number of aromatic nitrogens is 1. The summed E-state index contributed by atoms with van der Waals surface area (Å²) in [6, 6.07) is 3.44. The number of alkyl carbamates (subject to hydrolysis) is 1. The van der Waals surface area contributed by atoms with Gasteiger partial charge < -0.3 is 14.8 Å². The van der Waals surface area contributed by atoms with Crippen molar-refractivity contribution in [2.24, 2.45) is 0 Å². The molecule has 1 N–H and O–H groups in total. The van der Waals surface area contributed by atoms with Crippen LogP contribution in [0.5, 0.6) is 5.88 Å². The van der Waals surface area contributed by atoms with E-state index in [1.165, 1.54) is 14.0 Å². The molecule has 1 amide bonds. The molecule has 6 nitrogen and oxygen atoms in total. The summed E-state index contributed by atoms with van der Waals surface area (Å²) in [4.78, 5) is 27.0. The van der Waals surface area contributed by atoms with Gasteiger partial charge in [-0.1, -0.05) is 0 Å². The number of rotatable bonds is 5. The van der Waals surface area contributed by atoms with E-state index in [0.717, 1.165) is 5.56 Å². The standard InChI is InChI=1S/C15H22N2O4/c1-10(18)12-8-11(9-13(17-12)20-5)6-7-16-14(19)21-15(2,3)4/h8-9H,6-7H2,1-5H3,(H,16,19). The highest BCUT2D eigenvalue weighted by molar-refractivity contribution is 5.92. The Morgan fingerprint density at radius 2 is 1.95 bits per heavy atom. The second-order valence-electron chi connectivity index (χ2n) is 5.64. The Labute approximate surface area is 124 Å². The molecule has 1 heterocycles. The summed E-state index contributed by atoms with van der Waals surface area (Å²) in [5, 5.41) is 2.67. The lowest BCUT2D eigenvalue weighted by atomic mass is 10.1. The van der Waals surface area contributed by atoms with Gasteiger partial charge in [0.1, 0.15) is 11.3 Å². The van der Waals surface area contributed by atoms with Crippen LogP contribution in [0.25, 0.3) is 0 Å². The van der Waals surface area contributed by atoms with Crippen LogP contribution in [0, 0.1) is 0 Å².